The third-order valence-electron chi connectivity index (χ3n) is 10.1. The molecule has 2 aliphatic rings. The Hall–Kier alpha value is -4.79. The number of nitrogens with one attached hydrogen (secondary N) is 2. The molecule has 2 aromatic carbocycles. The number of methoxy groups -OCH3 is 1. The van der Waals surface area contributed by atoms with Crippen molar-refractivity contribution in [2.45, 2.75) is 109 Å². The van der Waals surface area contributed by atoms with Crippen LogP contribution in [-0.4, -0.2) is 81.9 Å². The molecule has 0 aliphatic carbocycles. The number of halogens is 1. The number of ether oxygens (including phenoxy) is 4. The van der Waals surface area contributed by atoms with Gasteiger partial charge in [0.1, 0.15) is 35.3 Å². The highest BCUT2D eigenvalue weighted by molar-refractivity contribution is 6.32. The maximum atomic E-state index is 14.0. The summed E-state index contributed by atoms with van der Waals surface area (Å²) in [6, 6.07) is 13.8. The number of nitrogens with zero attached hydrogens (tertiary/aromatic N) is 3. The molecule has 2 aliphatic heterocycles. The summed E-state index contributed by atoms with van der Waals surface area (Å²) >= 11 is 6.39. The van der Waals surface area contributed by atoms with E-state index in [0.717, 1.165) is 5.56 Å². The Labute approximate surface area is 338 Å². The van der Waals surface area contributed by atoms with Gasteiger partial charge in [-0.15, -0.1) is 5.10 Å². The maximum Gasteiger partial charge on any atom is 0.347 e. The number of cyclic esters (lactones) is 2. The number of hydrogen-bond acceptors (Lipinski definition) is 11. The van der Waals surface area contributed by atoms with Crippen molar-refractivity contribution >= 4 is 35.4 Å². The van der Waals surface area contributed by atoms with Crippen LogP contribution in [0.4, 0.5) is 0 Å². The molecule has 1 fully saturated rings. The predicted molar refractivity (Wildman–Crippen MR) is 211 cm³/mol. The summed E-state index contributed by atoms with van der Waals surface area (Å²) in [5.74, 6) is -3.17. The number of epoxide rings is 1. The maximum absolute atomic E-state index is 14.0. The lowest BCUT2D eigenvalue weighted by Crippen LogP contribution is -2.49. The van der Waals surface area contributed by atoms with Crippen LogP contribution in [-0.2, 0) is 52.0 Å². The molecule has 1 saturated heterocycles. The van der Waals surface area contributed by atoms with E-state index in [1.54, 1.807) is 49.0 Å². The van der Waals surface area contributed by atoms with Gasteiger partial charge in [-0.2, -0.15) is 0 Å². The lowest BCUT2D eigenvalue weighted by Gasteiger charge is -2.27. The van der Waals surface area contributed by atoms with Crippen molar-refractivity contribution in [2.24, 2.45) is 17.8 Å². The van der Waals surface area contributed by atoms with Crippen LogP contribution >= 0.6 is 11.6 Å². The number of aromatic nitrogens is 3. The predicted octanol–water partition coefficient (Wildman–Crippen LogP) is 5.01. The van der Waals surface area contributed by atoms with Crippen LogP contribution in [0.25, 0.3) is 0 Å². The molecule has 0 spiro atoms. The molecule has 0 unspecified atom stereocenters. The van der Waals surface area contributed by atoms with E-state index in [1.807, 2.05) is 51.1 Å². The molecule has 0 bridgehead atoms. The van der Waals surface area contributed by atoms with Crippen LogP contribution in [0.15, 0.2) is 66.9 Å². The molecule has 7 atom stereocenters. The van der Waals surface area contributed by atoms with Gasteiger partial charge in [-0.3, -0.25) is 19.1 Å². The summed E-state index contributed by atoms with van der Waals surface area (Å²) in [5, 5.41) is 24.4. The van der Waals surface area contributed by atoms with Crippen LogP contribution in [0.3, 0.4) is 0 Å². The minimum absolute atomic E-state index is 0.0303. The number of amides is 2. The highest BCUT2D eigenvalue weighted by Crippen LogP contribution is 2.45. The third kappa shape index (κ3) is 12.3. The standard InChI is InChI=1S/C42H54ClN5O9/c1-25(2)20-34-41(52)55-32(26(3)37-38(57-37)28-12-8-7-9-13-28)15-10-16-36(49)45-31(22-27-17-18-33(54-6)30(43)21-27)39(50)44-23-29(40(51)56-34)14-11-19-48-24-35(46-47-48)42(4,5)53/h7-10,12-13,16-18,21,24-26,29,31-32,34,37-38,53H,11,14-15,19-20,22-23H2,1-6H3,(H,44,50)(H,45,49)/b16-10+/t26-,29-,31+,32-,34-,37+,38+/m0/s1. The Bertz CT molecular complexity index is 1880. The molecular weight excluding hydrogens is 754 g/mol. The van der Waals surface area contributed by atoms with Gasteiger partial charge in [0.15, 0.2) is 6.10 Å². The molecule has 2 amide bonds. The Morgan fingerprint density at radius 2 is 1.81 bits per heavy atom. The number of rotatable bonds is 13. The van der Waals surface area contributed by atoms with Crippen LogP contribution in [0, 0.1) is 17.8 Å². The summed E-state index contributed by atoms with van der Waals surface area (Å²) < 4.78 is 25.0. The molecule has 3 aromatic rings. The minimum atomic E-state index is -1.21. The second kappa shape index (κ2) is 19.6. The zero-order chi connectivity index (χ0) is 41.3. The van der Waals surface area contributed by atoms with Crippen LogP contribution < -0.4 is 15.4 Å². The van der Waals surface area contributed by atoms with Gasteiger partial charge in [-0.05, 0) is 68.4 Å². The number of benzene rings is 2. The van der Waals surface area contributed by atoms with Crippen LogP contribution in [0.2, 0.25) is 5.02 Å². The number of carbonyl (C=O) groups excluding carboxylic acids is 4. The smallest absolute Gasteiger partial charge is 0.347 e. The van der Waals surface area contributed by atoms with E-state index in [9.17, 15) is 24.3 Å². The Kier molecular flexibility index (Phi) is 14.9. The van der Waals surface area contributed by atoms with Gasteiger partial charge in [-0.1, -0.05) is 80.1 Å². The zero-order valence-corrected chi connectivity index (χ0v) is 34.1. The summed E-state index contributed by atoms with van der Waals surface area (Å²) in [4.78, 5) is 55.2. The van der Waals surface area contributed by atoms with Gasteiger partial charge in [0, 0.05) is 31.8 Å². The highest BCUT2D eigenvalue weighted by atomic mass is 35.5. The molecule has 57 heavy (non-hydrogen) atoms. The van der Waals surface area contributed by atoms with Crippen molar-refractivity contribution < 1.29 is 43.2 Å². The van der Waals surface area contributed by atoms with E-state index >= 15 is 0 Å². The number of hydrogen-bond donors (Lipinski definition) is 3. The molecule has 308 valence electrons. The number of esters is 2. The fraction of sp³-hybridized carbons (Fsp3) is 0.524. The van der Waals surface area contributed by atoms with E-state index in [1.165, 1.54) is 13.2 Å². The van der Waals surface area contributed by atoms with Gasteiger partial charge in [0.25, 0.3) is 0 Å². The van der Waals surface area contributed by atoms with E-state index in [2.05, 4.69) is 20.9 Å². The zero-order valence-electron chi connectivity index (χ0n) is 33.4. The normalized spacial score (nSPS) is 24.9. The fourth-order valence-corrected chi connectivity index (χ4v) is 7.03. The topological polar surface area (TPSA) is 183 Å². The van der Waals surface area contributed by atoms with Gasteiger partial charge in [0.2, 0.25) is 11.8 Å². The molecule has 14 nitrogen and oxygen atoms in total. The first-order chi connectivity index (χ1) is 27.1. The first-order valence-corrected chi connectivity index (χ1v) is 19.8. The number of aliphatic hydroxyl groups is 1. The lowest BCUT2D eigenvalue weighted by molar-refractivity contribution is -0.176. The van der Waals surface area contributed by atoms with Crippen molar-refractivity contribution in [3.05, 3.63) is 88.7 Å². The molecule has 15 heteroatoms. The van der Waals surface area contributed by atoms with Crippen molar-refractivity contribution in [3.8, 4) is 5.75 Å². The summed E-state index contributed by atoms with van der Waals surface area (Å²) in [5.41, 5.74) is 0.890. The summed E-state index contributed by atoms with van der Waals surface area (Å²) in [7, 11) is 1.50. The molecule has 3 heterocycles. The SMILES string of the molecule is COc1ccc(C[C@H]2NC(=O)/C=C/C[C@@H]([C@H](C)[C@H]3O[C@@H]3c3ccccc3)OC(=O)[C@H](CC(C)C)OC(=O)[C@@H](CCCn3cc(C(C)(C)O)nn3)CNC2=O)cc1Cl. The van der Waals surface area contributed by atoms with Crippen molar-refractivity contribution in [1.29, 1.82) is 0 Å². The quantitative estimate of drug-likeness (QED) is 0.156. The molecule has 5 rings (SSSR count). The minimum Gasteiger partial charge on any atom is -0.495 e. The Morgan fingerprint density at radius 1 is 1.05 bits per heavy atom. The molecule has 0 radical (unpaired) electrons. The molecule has 0 saturated carbocycles. The van der Waals surface area contributed by atoms with Crippen LogP contribution in [0.5, 0.6) is 5.75 Å². The van der Waals surface area contributed by atoms with E-state index < -0.39 is 53.5 Å². The third-order valence-corrected chi connectivity index (χ3v) is 10.4. The van der Waals surface area contributed by atoms with E-state index in [0.29, 0.717) is 35.0 Å². The van der Waals surface area contributed by atoms with E-state index in [-0.39, 0.29) is 56.3 Å². The Morgan fingerprint density at radius 3 is 2.47 bits per heavy atom. The van der Waals surface area contributed by atoms with Crippen molar-refractivity contribution in [3.63, 3.8) is 0 Å². The van der Waals surface area contributed by atoms with Gasteiger partial charge in [0.05, 0.1) is 30.4 Å². The first kappa shape index (κ1) is 43.3. The molecule has 3 N–H and O–H groups in total. The van der Waals surface area contributed by atoms with Crippen LogP contribution in [0.1, 0.15) is 83.2 Å². The Balaban J connectivity index is 1.41. The monoisotopic (exact) mass is 807 g/mol. The fourth-order valence-electron chi connectivity index (χ4n) is 6.75. The van der Waals surface area contributed by atoms with Gasteiger partial charge in [-0.25, -0.2) is 4.79 Å². The number of carbonyl (C=O) groups is 4. The highest BCUT2D eigenvalue weighted by Gasteiger charge is 2.47. The first-order valence-electron chi connectivity index (χ1n) is 19.4. The molecular formula is C42H54ClN5O9. The summed E-state index contributed by atoms with van der Waals surface area (Å²) in [6.07, 6.45) is 3.32. The summed E-state index contributed by atoms with van der Waals surface area (Å²) in [6.45, 7) is 9.19. The van der Waals surface area contributed by atoms with Gasteiger partial charge < -0.3 is 34.7 Å². The second-order valence-electron chi connectivity index (χ2n) is 15.7. The van der Waals surface area contributed by atoms with Gasteiger partial charge >= 0.3 is 11.9 Å². The van der Waals surface area contributed by atoms with Crippen molar-refractivity contribution in [1.82, 2.24) is 25.6 Å². The second-order valence-corrected chi connectivity index (χ2v) is 16.1. The number of aryl methyl sites for hydroxylation is 1. The molecule has 1 aromatic heterocycles. The van der Waals surface area contributed by atoms with E-state index in [4.69, 9.17) is 30.5 Å². The average molecular weight is 808 g/mol. The van der Waals surface area contributed by atoms with Crippen molar-refractivity contribution in [2.75, 3.05) is 13.7 Å². The lowest BCUT2D eigenvalue weighted by atomic mass is 9.93. The average Bonchev–Trinajstić information content (AvgIpc) is 3.82. The largest absolute Gasteiger partial charge is 0.495 e.